The third-order valence-corrected chi connectivity index (χ3v) is 3.15. The zero-order valence-electron chi connectivity index (χ0n) is 12.9. The van der Waals surface area contributed by atoms with E-state index in [1.165, 1.54) is 13.2 Å². The Bertz CT molecular complexity index is 396. The lowest BCUT2D eigenvalue weighted by Crippen LogP contribution is -2.21. The predicted molar refractivity (Wildman–Crippen MR) is 79.7 cm³/mol. The van der Waals surface area contributed by atoms with Crippen LogP contribution in [-0.2, 0) is 4.74 Å². The summed E-state index contributed by atoms with van der Waals surface area (Å²) in [4.78, 5) is 0. The van der Waals surface area contributed by atoms with Crippen LogP contribution in [0.2, 0.25) is 0 Å². The fraction of sp³-hybridized carbons (Fsp3) is 0.625. The lowest BCUT2D eigenvalue weighted by molar-refractivity contribution is 0.0759. The summed E-state index contributed by atoms with van der Waals surface area (Å²) in [5.74, 6) is 0.316. The second-order valence-corrected chi connectivity index (χ2v) is 5.19. The van der Waals surface area contributed by atoms with Gasteiger partial charge in [0.15, 0.2) is 0 Å². The first-order chi connectivity index (χ1) is 9.54. The molecule has 1 rings (SSSR count). The Morgan fingerprint density at radius 2 is 1.95 bits per heavy atom. The van der Waals surface area contributed by atoms with Crippen LogP contribution < -0.4 is 10.1 Å². The molecular formula is C16H26FNO2. The molecule has 0 aliphatic rings. The highest BCUT2D eigenvalue weighted by Crippen LogP contribution is 2.21. The maximum Gasteiger partial charge on any atom is 0.131 e. The zero-order chi connectivity index (χ0) is 15.0. The summed E-state index contributed by atoms with van der Waals surface area (Å²) in [7, 11) is 1.54. The first kappa shape index (κ1) is 16.9. The minimum Gasteiger partial charge on any atom is -0.497 e. The van der Waals surface area contributed by atoms with E-state index in [0.29, 0.717) is 11.3 Å². The Kier molecular flexibility index (Phi) is 7.55. The fourth-order valence-corrected chi connectivity index (χ4v) is 1.96. The first-order valence-corrected chi connectivity index (χ1v) is 7.23. The number of methoxy groups -OCH3 is 1. The van der Waals surface area contributed by atoms with Gasteiger partial charge in [0.1, 0.15) is 11.6 Å². The van der Waals surface area contributed by atoms with E-state index in [4.69, 9.17) is 9.47 Å². The van der Waals surface area contributed by atoms with Gasteiger partial charge in [-0.15, -0.1) is 0 Å². The minimum absolute atomic E-state index is 0.00748. The van der Waals surface area contributed by atoms with E-state index >= 15 is 0 Å². The van der Waals surface area contributed by atoms with Crippen LogP contribution in [0.4, 0.5) is 4.39 Å². The van der Waals surface area contributed by atoms with Gasteiger partial charge >= 0.3 is 0 Å². The molecule has 4 heteroatoms. The smallest absolute Gasteiger partial charge is 0.131 e. The van der Waals surface area contributed by atoms with Crippen molar-refractivity contribution in [2.75, 3.05) is 20.3 Å². The number of nitrogens with one attached hydrogen (secondary N) is 1. The first-order valence-electron chi connectivity index (χ1n) is 7.23. The Balaban J connectivity index is 2.30. The lowest BCUT2D eigenvalue weighted by atomic mass is 10.1. The normalized spacial score (nSPS) is 12.7. The summed E-state index contributed by atoms with van der Waals surface area (Å²) >= 11 is 0. The maximum atomic E-state index is 13.9. The molecule has 1 atom stereocenters. The van der Waals surface area contributed by atoms with Crippen LogP contribution in [0.15, 0.2) is 18.2 Å². The van der Waals surface area contributed by atoms with Gasteiger partial charge in [-0.05, 0) is 46.2 Å². The molecule has 0 fully saturated rings. The Hall–Kier alpha value is -1.13. The molecule has 0 aromatic heterocycles. The molecule has 0 saturated carbocycles. The molecule has 0 bridgehead atoms. The number of halogens is 1. The largest absolute Gasteiger partial charge is 0.497 e. The average molecular weight is 283 g/mol. The molecule has 3 nitrogen and oxygen atoms in total. The van der Waals surface area contributed by atoms with Crippen LogP contribution in [0.3, 0.4) is 0 Å². The number of benzene rings is 1. The molecule has 0 aliphatic heterocycles. The van der Waals surface area contributed by atoms with E-state index in [0.717, 1.165) is 26.0 Å². The van der Waals surface area contributed by atoms with E-state index < -0.39 is 0 Å². The number of rotatable bonds is 9. The number of hydrogen-bond donors (Lipinski definition) is 1. The molecule has 1 aromatic carbocycles. The van der Waals surface area contributed by atoms with Gasteiger partial charge in [0.05, 0.1) is 13.2 Å². The van der Waals surface area contributed by atoms with Crippen LogP contribution in [0.25, 0.3) is 0 Å². The van der Waals surface area contributed by atoms with Gasteiger partial charge in [0, 0.05) is 24.3 Å². The summed E-state index contributed by atoms with van der Waals surface area (Å²) in [5, 5.41) is 3.33. The molecular weight excluding hydrogens is 257 g/mol. The molecule has 1 aromatic rings. The topological polar surface area (TPSA) is 30.5 Å². The summed E-state index contributed by atoms with van der Waals surface area (Å²) in [6.07, 6.45) is 2.33. The molecule has 20 heavy (non-hydrogen) atoms. The van der Waals surface area contributed by atoms with Gasteiger partial charge < -0.3 is 14.8 Å². The quantitative estimate of drug-likeness (QED) is 0.701. The average Bonchev–Trinajstić information content (AvgIpc) is 2.41. The van der Waals surface area contributed by atoms with E-state index in [9.17, 15) is 4.39 Å². The van der Waals surface area contributed by atoms with E-state index in [-0.39, 0.29) is 18.0 Å². The van der Waals surface area contributed by atoms with Crippen molar-refractivity contribution >= 4 is 0 Å². The van der Waals surface area contributed by atoms with Crippen molar-refractivity contribution in [3.63, 3.8) is 0 Å². The summed E-state index contributed by atoms with van der Waals surface area (Å²) in [5.41, 5.74) is 0.671. The summed E-state index contributed by atoms with van der Waals surface area (Å²) < 4.78 is 24.3. The molecule has 0 amide bonds. The summed E-state index contributed by atoms with van der Waals surface area (Å²) in [6.45, 7) is 7.67. The molecule has 1 N–H and O–H groups in total. The second kappa shape index (κ2) is 8.93. The third-order valence-electron chi connectivity index (χ3n) is 3.15. The van der Waals surface area contributed by atoms with Crippen molar-refractivity contribution in [2.24, 2.45) is 0 Å². The van der Waals surface area contributed by atoms with Gasteiger partial charge in [-0.1, -0.05) is 6.07 Å². The van der Waals surface area contributed by atoms with Crippen LogP contribution in [0.5, 0.6) is 5.75 Å². The SMILES string of the molecule is COc1ccc(C(C)NCCCCOC(C)C)c(F)c1. The van der Waals surface area contributed by atoms with Crippen LogP contribution >= 0.6 is 0 Å². The highest BCUT2D eigenvalue weighted by molar-refractivity contribution is 5.30. The number of hydrogen-bond acceptors (Lipinski definition) is 3. The van der Waals surface area contributed by atoms with E-state index in [1.54, 1.807) is 12.1 Å². The standard InChI is InChI=1S/C16H26FNO2/c1-12(2)20-10-6-5-9-18-13(3)15-8-7-14(19-4)11-16(15)17/h7-8,11-13,18H,5-6,9-10H2,1-4H3. The maximum absolute atomic E-state index is 13.9. The van der Waals surface area contributed by atoms with Gasteiger partial charge in [0.25, 0.3) is 0 Å². The van der Waals surface area contributed by atoms with Crippen LogP contribution in [0, 0.1) is 5.82 Å². The van der Waals surface area contributed by atoms with Gasteiger partial charge in [-0.2, -0.15) is 0 Å². The fourth-order valence-electron chi connectivity index (χ4n) is 1.96. The third kappa shape index (κ3) is 5.88. The Morgan fingerprint density at radius 1 is 1.20 bits per heavy atom. The van der Waals surface area contributed by atoms with Crippen molar-refractivity contribution in [1.82, 2.24) is 5.32 Å². The molecule has 0 spiro atoms. The van der Waals surface area contributed by atoms with Crippen molar-refractivity contribution < 1.29 is 13.9 Å². The van der Waals surface area contributed by atoms with Gasteiger partial charge in [-0.3, -0.25) is 0 Å². The van der Waals surface area contributed by atoms with Gasteiger partial charge in [-0.25, -0.2) is 4.39 Å². The Morgan fingerprint density at radius 3 is 2.55 bits per heavy atom. The van der Waals surface area contributed by atoms with Crippen LogP contribution in [-0.4, -0.2) is 26.4 Å². The molecule has 114 valence electrons. The van der Waals surface area contributed by atoms with Crippen molar-refractivity contribution in [1.29, 1.82) is 0 Å². The van der Waals surface area contributed by atoms with E-state index in [1.807, 2.05) is 20.8 Å². The molecule has 0 saturated heterocycles. The highest BCUT2D eigenvalue weighted by atomic mass is 19.1. The highest BCUT2D eigenvalue weighted by Gasteiger charge is 2.10. The number of unbranched alkanes of at least 4 members (excludes halogenated alkanes) is 1. The van der Waals surface area contributed by atoms with Crippen molar-refractivity contribution in [2.45, 2.75) is 45.8 Å². The monoisotopic (exact) mass is 283 g/mol. The van der Waals surface area contributed by atoms with Crippen LogP contribution in [0.1, 0.15) is 45.2 Å². The molecule has 0 heterocycles. The Labute approximate surface area is 121 Å². The molecule has 0 radical (unpaired) electrons. The second-order valence-electron chi connectivity index (χ2n) is 5.19. The van der Waals surface area contributed by atoms with E-state index in [2.05, 4.69) is 5.32 Å². The predicted octanol–water partition coefficient (Wildman–Crippen LogP) is 3.69. The molecule has 1 unspecified atom stereocenters. The van der Waals surface area contributed by atoms with Gasteiger partial charge in [0.2, 0.25) is 0 Å². The van der Waals surface area contributed by atoms with Crippen molar-refractivity contribution in [3.05, 3.63) is 29.6 Å². The summed E-state index contributed by atoms with van der Waals surface area (Å²) in [6, 6.07) is 4.97. The number of ether oxygens (including phenoxy) is 2. The molecule has 0 aliphatic carbocycles. The lowest BCUT2D eigenvalue weighted by Gasteiger charge is -2.16. The van der Waals surface area contributed by atoms with Crippen molar-refractivity contribution in [3.8, 4) is 5.75 Å². The minimum atomic E-state index is -0.229. The zero-order valence-corrected chi connectivity index (χ0v) is 12.9.